The van der Waals surface area contributed by atoms with E-state index in [1.807, 2.05) is 0 Å². The van der Waals surface area contributed by atoms with Crippen molar-refractivity contribution in [2.75, 3.05) is 4.57 Å². The fraction of sp³-hybridized carbons (Fsp3) is 0.200. The minimum Gasteiger partial charge on any atom is -0.397 e. The quantitative estimate of drug-likeness (QED) is 0.743. The highest BCUT2D eigenvalue weighted by Gasteiger charge is 2.10. The molecule has 0 heterocycles. The van der Waals surface area contributed by atoms with Crippen LogP contribution in [0.1, 0.15) is 13.8 Å². The fourth-order valence-electron chi connectivity index (χ4n) is 1.97. The van der Waals surface area contributed by atoms with Gasteiger partial charge in [0.05, 0.1) is 0 Å². The van der Waals surface area contributed by atoms with E-state index >= 15 is 0 Å². The van der Waals surface area contributed by atoms with Gasteiger partial charge in [0.1, 0.15) is 0 Å². The van der Waals surface area contributed by atoms with E-state index in [0.717, 1.165) is 0 Å². The van der Waals surface area contributed by atoms with E-state index in [1.165, 1.54) is 10.9 Å². The molecule has 0 bridgehead atoms. The molecule has 0 unspecified atom stereocenters. The van der Waals surface area contributed by atoms with E-state index in [4.69, 9.17) is 0 Å². The largest absolute Gasteiger partial charge is 0.397 e. The Hall–Kier alpha value is -1.54. The van der Waals surface area contributed by atoms with Gasteiger partial charge in [0, 0.05) is 11.7 Å². The average molecular weight is 241 g/mol. The Morgan fingerprint density at radius 1 is 0.824 bits per heavy atom. The lowest BCUT2D eigenvalue weighted by Crippen LogP contribution is -2.40. The van der Waals surface area contributed by atoms with Crippen LogP contribution in [-0.4, -0.2) is 15.7 Å². The maximum Gasteiger partial charge on any atom is 0.155 e. The molecule has 0 saturated carbocycles. The van der Waals surface area contributed by atoms with E-state index in [1.54, 1.807) is 0 Å². The number of anilines is 1. The van der Waals surface area contributed by atoms with Gasteiger partial charge >= 0.3 is 0 Å². The summed E-state index contributed by atoms with van der Waals surface area (Å²) >= 11 is 0. The van der Waals surface area contributed by atoms with Gasteiger partial charge in [-0.3, -0.25) is 0 Å². The molecule has 0 amide bonds. The molecular formula is C15H19NSi. The van der Waals surface area contributed by atoms with Crippen molar-refractivity contribution >= 4 is 20.6 Å². The second-order valence-corrected chi connectivity index (χ2v) is 6.36. The van der Waals surface area contributed by atoms with Crippen LogP contribution in [0, 0.1) is 0 Å². The lowest BCUT2D eigenvalue weighted by atomic mass is 10.3. The van der Waals surface area contributed by atoms with Gasteiger partial charge in [-0.25, -0.2) is 0 Å². The van der Waals surface area contributed by atoms with E-state index in [0.29, 0.717) is 6.04 Å². The number of hydrogen-bond acceptors (Lipinski definition) is 1. The molecule has 17 heavy (non-hydrogen) atoms. The van der Waals surface area contributed by atoms with Crippen molar-refractivity contribution in [1.29, 1.82) is 0 Å². The molecule has 88 valence electrons. The number of nitrogens with zero attached hydrogens (tertiary/aromatic N) is 1. The van der Waals surface area contributed by atoms with E-state index in [2.05, 4.69) is 79.1 Å². The molecule has 0 aliphatic carbocycles. The number of para-hydroxylation sites is 1. The maximum absolute atomic E-state index is 2.55. The monoisotopic (exact) mass is 241 g/mol. The van der Waals surface area contributed by atoms with E-state index in [9.17, 15) is 0 Å². The maximum atomic E-state index is 2.55. The zero-order chi connectivity index (χ0) is 12.1. The first-order valence-electron chi connectivity index (χ1n) is 6.13. The van der Waals surface area contributed by atoms with Crippen molar-refractivity contribution in [3.05, 3.63) is 60.7 Å². The smallest absolute Gasteiger partial charge is 0.155 e. The lowest BCUT2D eigenvalue weighted by molar-refractivity contribution is 0.825. The minimum atomic E-state index is -0.410. The van der Waals surface area contributed by atoms with Crippen LogP contribution in [0.15, 0.2) is 60.7 Å². The first-order chi connectivity index (χ1) is 8.27. The molecule has 0 spiro atoms. The van der Waals surface area contributed by atoms with E-state index in [-0.39, 0.29) is 0 Å². The van der Waals surface area contributed by atoms with Crippen molar-refractivity contribution in [3.63, 3.8) is 0 Å². The Labute approximate surface area is 106 Å². The van der Waals surface area contributed by atoms with Crippen molar-refractivity contribution in [2.45, 2.75) is 19.9 Å². The second kappa shape index (κ2) is 5.69. The molecule has 0 aliphatic rings. The van der Waals surface area contributed by atoms with Crippen LogP contribution in [0.4, 0.5) is 5.69 Å². The molecule has 0 atom stereocenters. The first-order valence-corrected chi connectivity index (χ1v) is 7.47. The van der Waals surface area contributed by atoms with Crippen molar-refractivity contribution in [3.8, 4) is 0 Å². The standard InChI is InChI=1S/C15H19NSi/c1-13(2)16(14-9-5-3-6-10-14)17-15-11-7-4-8-12-15/h3-13H,17H2,1-2H3. The van der Waals surface area contributed by atoms with Gasteiger partial charge in [0.25, 0.3) is 0 Å². The van der Waals surface area contributed by atoms with Crippen LogP contribution in [0.3, 0.4) is 0 Å². The minimum absolute atomic E-state index is 0.410. The third kappa shape index (κ3) is 3.20. The number of benzene rings is 2. The number of rotatable bonds is 4. The molecule has 0 aromatic heterocycles. The first kappa shape index (κ1) is 11.9. The lowest BCUT2D eigenvalue weighted by Gasteiger charge is -2.29. The van der Waals surface area contributed by atoms with Gasteiger partial charge in [-0.15, -0.1) is 0 Å². The van der Waals surface area contributed by atoms with Crippen LogP contribution < -0.4 is 9.75 Å². The van der Waals surface area contributed by atoms with Crippen LogP contribution in [0.2, 0.25) is 0 Å². The van der Waals surface area contributed by atoms with Gasteiger partial charge in [0.15, 0.2) is 9.68 Å². The molecule has 2 aromatic rings. The summed E-state index contributed by atoms with van der Waals surface area (Å²) in [6.45, 7) is 4.53. The number of hydrogen-bond donors (Lipinski definition) is 0. The fourth-order valence-corrected chi connectivity index (χ4v) is 3.61. The van der Waals surface area contributed by atoms with Gasteiger partial charge < -0.3 is 4.57 Å². The Morgan fingerprint density at radius 2 is 1.35 bits per heavy atom. The van der Waals surface area contributed by atoms with Crippen LogP contribution in [0.25, 0.3) is 0 Å². The van der Waals surface area contributed by atoms with E-state index < -0.39 is 9.68 Å². The molecule has 0 saturated heterocycles. The molecule has 0 radical (unpaired) electrons. The van der Waals surface area contributed by atoms with Crippen molar-refractivity contribution in [2.24, 2.45) is 0 Å². The Balaban J connectivity index is 2.20. The summed E-state index contributed by atoms with van der Waals surface area (Å²) in [5.41, 5.74) is 1.35. The van der Waals surface area contributed by atoms with Crippen LogP contribution in [0.5, 0.6) is 0 Å². The molecule has 0 N–H and O–H groups in total. The third-order valence-corrected chi connectivity index (χ3v) is 5.18. The average Bonchev–Trinajstić information content (AvgIpc) is 2.38. The zero-order valence-corrected chi connectivity index (χ0v) is 11.9. The summed E-state index contributed by atoms with van der Waals surface area (Å²) in [6, 6.07) is 22.1. The van der Waals surface area contributed by atoms with Crippen molar-refractivity contribution in [1.82, 2.24) is 0 Å². The summed E-state index contributed by atoms with van der Waals surface area (Å²) in [6.07, 6.45) is 0. The molecule has 2 heteroatoms. The van der Waals surface area contributed by atoms with Crippen LogP contribution in [-0.2, 0) is 0 Å². The molecular weight excluding hydrogens is 222 g/mol. The summed E-state index contributed by atoms with van der Waals surface area (Å²) in [5.74, 6) is 0. The summed E-state index contributed by atoms with van der Waals surface area (Å²) in [5, 5.41) is 1.49. The van der Waals surface area contributed by atoms with Gasteiger partial charge in [-0.1, -0.05) is 48.5 Å². The Morgan fingerprint density at radius 3 is 1.88 bits per heavy atom. The SMILES string of the molecule is CC(C)N([SiH2]c1ccccc1)c1ccccc1. The highest BCUT2D eigenvalue weighted by molar-refractivity contribution is 6.57. The molecule has 0 fully saturated rings. The summed E-state index contributed by atoms with van der Waals surface area (Å²) in [7, 11) is -0.410. The predicted molar refractivity (Wildman–Crippen MR) is 78.7 cm³/mol. The van der Waals surface area contributed by atoms with Gasteiger partial charge in [-0.05, 0) is 31.2 Å². The summed E-state index contributed by atoms with van der Waals surface area (Å²) in [4.78, 5) is 0. The highest BCUT2D eigenvalue weighted by Crippen LogP contribution is 2.14. The second-order valence-electron chi connectivity index (χ2n) is 4.54. The molecule has 0 aliphatic heterocycles. The van der Waals surface area contributed by atoms with Gasteiger partial charge in [-0.2, -0.15) is 0 Å². The zero-order valence-electron chi connectivity index (χ0n) is 10.5. The van der Waals surface area contributed by atoms with Gasteiger partial charge in [0.2, 0.25) is 0 Å². The third-order valence-electron chi connectivity index (χ3n) is 2.91. The summed E-state index contributed by atoms with van der Waals surface area (Å²) < 4.78 is 2.55. The molecule has 2 aromatic carbocycles. The molecule has 1 nitrogen and oxygen atoms in total. The molecule has 2 rings (SSSR count). The Bertz CT molecular complexity index is 439. The Kier molecular flexibility index (Phi) is 3.99. The topological polar surface area (TPSA) is 3.24 Å². The van der Waals surface area contributed by atoms with Crippen molar-refractivity contribution < 1.29 is 0 Å². The predicted octanol–water partition coefficient (Wildman–Crippen LogP) is 2.31. The van der Waals surface area contributed by atoms with Crippen LogP contribution >= 0.6 is 0 Å². The highest BCUT2D eigenvalue weighted by atomic mass is 28.2. The normalized spacial score (nSPS) is 11.2.